The lowest BCUT2D eigenvalue weighted by Gasteiger charge is -2.14. The first-order valence-corrected chi connectivity index (χ1v) is 9.82. The highest BCUT2D eigenvalue weighted by Gasteiger charge is 2.10. The summed E-state index contributed by atoms with van der Waals surface area (Å²) in [5.41, 5.74) is 7.03. The van der Waals surface area contributed by atoms with Gasteiger partial charge in [0.2, 0.25) is 11.9 Å². The van der Waals surface area contributed by atoms with Crippen molar-refractivity contribution in [1.29, 1.82) is 0 Å². The van der Waals surface area contributed by atoms with Crippen molar-refractivity contribution in [3.8, 4) is 5.75 Å². The number of aromatic nitrogens is 2. The van der Waals surface area contributed by atoms with Crippen LogP contribution in [-0.2, 0) is 11.3 Å². The van der Waals surface area contributed by atoms with E-state index in [9.17, 15) is 9.59 Å². The average Bonchev–Trinajstić information content (AvgIpc) is 2.72. The molecule has 0 saturated heterocycles. The molecule has 0 saturated carbocycles. The number of unbranched alkanes of at least 4 members (excludes halogenated alkanes) is 1. The van der Waals surface area contributed by atoms with Gasteiger partial charge in [-0.15, -0.1) is 0 Å². The summed E-state index contributed by atoms with van der Waals surface area (Å²) in [4.78, 5) is 29.1. The molecule has 3 aromatic rings. The number of amides is 1. The molecule has 1 heterocycles. The lowest BCUT2D eigenvalue weighted by molar-refractivity contribution is -0.120. The van der Waals surface area contributed by atoms with Gasteiger partial charge in [0.1, 0.15) is 5.75 Å². The third-order valence-electron chi connectivity index (χ3n) is 4.55. The number of carbonyl (C=O) groups excluding carboxylic acids is 1. The first-order chi connectivity index (χ1) is 14.1. The van der Waals surface area contributed by atoms with Gasteiger partial charge in [-0.2, -0.15) is 0 Å². The maximum Gasteiger partial charge on any atom is 0.262 e. The highest BCUT2D eigenvalue weighted by atomic mass is 16.5. The Balaban J connectivity index is 1.47. The third kappa shape index (κ3) is 5.34. The molecular formula is C22H26N4O3. The summed E-state index contributed by atoms with van der Waals surface area (Å²) in [6.07, 6.45) is 1.83. The van der Waals surface area contributed by atoms with E-state index in [-0.39, 0.29) is 11.5 Å². The SMILES string of the molecule is CCn1c(NNC(=O)CCCCOc2cccc(C)c2)nc2ccccc2c1=O. The quantitative estimate of drug-likeness (QED) is 0.429. The van der Waals surface area contributed by atoms with E-state index in [0.717, 1.165) is 17.7 Å². The van der Waals surface area contributed by atoms with Gasteiger partial charge in [-0.3, -0.25) is 25.0 Å². The molecule has 0 unspecified atom stereocenters. The molecule has 0 radical (unpaired) electrons. The van der Waals surface area contributed by atoms with Crippen molar-refractivity contribution in [2.45, 2.75) is 39.7 Å². The molecule has 0 bridgehead atoms. The number of hydrazine groups is 1. The number of ether oxygens (including phenoxy) is 1. The lowest BCUT2D eigenvalue weighted by Crippen LogP contribution is -2.34. The molecule has 0 aliphatic carbocycles. The average molecular weight is 394 g/mol. The predicted octanol–water partition coefficient (Wildman–Crippen LogP) is 3.42. The number of aryl methyl sites for hydroxylation is 1. The van der Waals surface area contributed by atoms with Crippen molar-refractivity contribution >= 4 is 22.8 Å². The molecule has 7 nitrogen and oxygen atoms in total. The Kier molecular flexibility index (Phi) is 6.84. The van der Waals surface area contributed by atoms with E-state index in [1.165, 1.54) is 4.57 Å². The topological polar surface area (TPSA) is 85.2 Å². The van der Waals surface area contributed by atoms with Gasteiger partial charge < -0.3 is 4.74 Å². The molecule has 2 aromatic carbocycles. The van der Waals surface area contributed by atoms with Gasteiger partial charge in [0.05, 0.1) is 17.5 Å². The molecule has 1 aromatic heterocycles. The van der Waals surface area contributed by atoms with Crippen molar-refractivity contribution in [3.63, 3.8) is 0 Å². The Labute approximate surface area is 169 Å². The first kappa shape index (κ1) is 20.4. The molecule has 2 N–H and O–H groups in total. The van der Waals surface area contributed by atoms with Crippen molar-refractivity contribution in [2.75, 3.05) is 12.0 Å². The van der Waals surface area contributed by atoms with Crippen LogP contribution in [0.3, 0.4) is 0 Å². The van der Waals surface area contributed by atoms with Gasteiger partial charge >= 0.3 is 0 Å². The number of carbonyl (C=O) groups is 1. The van der Waals surface area contributed by atoms with Crippen LogP contribution >= 0.6 is 0 Å². The summed E-state index contributed by atoms with van der Waals surface area (Å²) in [6, 6.07) is 15.0. The van der Waals surface area contributed by atoms with Crippen LogP contribution in [0, 0.1) is 6.92 Å². The minimum Gasteiger partial charge on any atom is -0.494 e. The van der Waals surface area contributed by atoms with Crippen LogP contribution in [0.5, 0.6) is 5.75 Å². The summed E-state index contributed by atoms with van der Waals surface area (Å²) < 4.78 is 7.19. The van der Waals surface area contributed by atoms with E-state index in [2.05, 4.69) is 15.8 Å². The van der Waals surface area contributed by atoms with Gasteiger partial charge in [0.25, 0.3) is 5.56 Å². The number of hydrogen-bond donors (Lipinski definition) is 2. The van der Waals surface area contributed by atoms with Gasteiger partial charge in [-0.1, -0.05) is 24.3 Å². The van der Waals surface area contributed by atoms with E-state index >= 15 is 0 Å². The number of hydrogen-bond acceptors (Lipinski definition) is 5. The number of anilines is 1. The second-order valence-electron chi connectivity index (χ2n) is 6.80. The van der Waals surface area contributed by atoms with E-state index < -0.39 is 0 Å². The van der Waals surface area contributed by atoms with Gasteiger partial charge in [-0.25, -0.2) is 4.98 Å². The number of nitrogens with one attached hydrogen (secondary N) is 2. The summed E-state index contributed by atoms with van der Waals surface area (Å²) in [7, 11) is 0. The maximum atomic E-state index is 12.6. The Hall–Kier alpha value is -3.35. The Morgan fingerprint density at radius 2 is 1.97 bits per heavy atom. The molecule has 29 heavy (non-hydrogen) atoms. The maximum absolute atomic E-state index is 12.6. The van der Waals surface area contributed by atoms with Gasteiger partial charge in [0.15, 0.2) is 0 Å². The van der Waals surface area contributed by atoms with Crippen LogP contribution in [-0.4, -0.2) is 22.1 Å². The third-order valence-corrected chi connectivity index (χ3v) is 4.55. The van der Waals surface area contributed by atoms with E-state index in [4.69, 9.17) is 4.74 Å². The molecule has 1 amide bonds. The van der Waals surface area contributed by atoms with Crippen LogP contribution in [0.15, 0.2) is 53.3 Å². The molecule has 152 valence electrons. The molecule has 3 rings (SSSR count). The number of benzene rings is 2. The van der Waals surface area contributed by atoms with Crippen LogP contribution in [0.25, 0.3) is 10.9 Å². The van der Waals surface area contributed by atoms with Crippen LogP contribution in [0.4, 0.5) is 5.95 Å². The standard InChI is InChI=1S/C22H26N4O3/c1-3-26-21(28)18-11-4-5-12-19(18)23-22(26)25-24-20(27)13-6-7-14-29-17-10-8-9-16(2)15-17/h4-5,8-12,15H,3,6-7,13-14H2,1-2H3,(H,23,25)(H,24,27). The zero-order valence-electron chi connectivity index (χ0n) is 16.8. The largest absolute Gasteiger partial charge is 0.494 e. The lowest BCUT2D eigenvalue weighted by atomic mass is 10.2. The van der Waals surface area contributed by atoms with Crippen LogP contribution in [0.1, 0.15) is 31.7 Å². The smallest absolute Gasteiger partial charge is 0.262 e. The minimum atomic E-state index is -0.161. The second-order valence-corrected chi connectivity index (χ2v) is 6.80. The molecule has 0 aliphatic heterocycles. The first-order valence-electron chi connectivity index (χ1n) is 9.82. The minimum absolute atomic E-state index is 0.136. The predicted molar refractivity (Wildman–Crippen MR) is 114 cm³/mol. The van der Waals surface area contributed by atoms with Crippen molar-refractivity contribution in [2.24, 2.45) is 0 Å². The molecular weight excluding hydrogens is 368 g/mol. The number of rotatable bonds is 9. The summed E-state index contributed by atoms with van der Waals surface area (Å²) in [5.74, 6) is 1.01. The Bertz CT molecular complexity index is 1050. The Morgan fingerprint density at radius 3 is 2.76 bits per heavy atom. The van der Waals surface area contributed by atoms with Crippen molar-refractivity contribution in [3.05, 3.63) is 64.4 Å². The second kappa shape index (κ2) is 9.73. The normalized spacial score (nSPS) is 10.7. The zero-order valence-corrected chi connectivity index (χ0v) is 16.8. The van der Waals surface area contributed by atoms with Gasteiger partial charge in [0, 0.05) is 13.0 Å². The fourth-order valence-electron chi connectivity index (χ4n) is 3.03. The highest BCUT2D eigenvalue weighted by molar-refractivity contribution is 5.79. The monoisotopic (exact) mass is 394 g/mol. The van der Waals surface area contributed by atoms with E-state index in [1.807, 2.05) is 50.2 Å². The molecule has 0 spiro atoms. The zero-order chi connectivity index (χ0) is 20.6. The summed E-state index contributed by atoms with van der Waals surface area (Å²) in [5, 5.41) is 0.555. The molecule has 7 heteroatoms. The fraction of sp³-hybridized carbons (Fsp3) is 0.318. The summed E-state index contributed by atoms with van der Waals surface area (Å²) in [6.45, 7) is 4.89. The number of para-hydroxylation sites is 1. The van der Waals surface area contributed by atoms with E-state index in [1.54, 1.807) is 12.1 Å². The van der Waals surface area contributed by atoms with E-state index in [0.29, 0.717) is 42.8 Å². The summed E-state index contributed by atoms with van der Waals surface area (Å²) >= 11 is 0. The van der Waals surface area contributed by atoms with Gasteiger partial charge in [-0.05, 0) is 56.5 Å². The molecule has 0 atom stereocenters. The number of fused-ring (bicyclic) bond motifs is 1. The van der Waals surface area contributed by atoms with Crippen molar-refractivity contribution in [1.82, 2.24) is 15.0 Å². The van der Waals surface area contributed by atoms with Crippen molar-refractivity contribution < 1.29 is 9.53 Å². The van der Waals surface area contributed by atoms with Crippen LogP contribution in [0.2, 0.25) is 0 Å². The molecule has 0 aliphatic rings. The Morgan fingerprint density at radius 1 is 1.14 bits per heavy atom. The highest BCUT2D eigenvalue weighted by Crippen LogP contribution is 2.13. The van der Waals surface area contributed by atoms with Crippen LogP contribution < -0.4 is 21.1 Å². The number of nitrogens with zero attached hydrogens (tertiary/aromatic N) is 2. The fourth-order valence-corrected chi connectivity index (χ4v) is 3.03. The molecule has 0 fully saturated rings.